The summed E-state index contributed by atoms with van der Waals surface area (Å²) in [5.74, 6) is -3.70. The molecule has 12 nitrogen and oxygen atoms in total. The fourth-order valence-corrected chi connectivity index (χ4v) is 5.18. The number of para-hydroxylation sites is 1. The molecule has 3 amide bonds. The Balaban J connectivity index is 1.68. The number of carboxylic acid groups (broad SMARTS) is 2. The van der Waals surface area contributed by atoms with Crippen LogP contribution in [0.1, 0.15) is 37.7 Å². The lowest BCUT2D eigenvalue weighted by molar-refractivity contribution is -0.143. The number of amides is 3. The summed E-state index contributed by atoms with van der Waals surface area (Å²) < 4.78 is 0. The van der Waals surface area contributed by atoms with Crippen molar-refractivity contribution in [2.24, 2.45) is 5.73 Å². The minimum absolute atomic E-state index is 0.168. The van der Waals surface area contributed by atoms with E-state index in [1.807, 2.05) is 24.3 Å². The number of likely N-dealkylation sites (tertiary alicyclic amines) is 1. The maximum absolute atomic E-state index is 13.3. The topological polar surface area (TPSA) is 195 Å². The average molecular weight is 562 g/mol. The number of nitrogens with zero attached hydrogens (tertiary/aromatic N) is 1. The second kappa shape index (κ2) is 14.0. The molecule has 7 N–H and O–H groups in total. The molecule has 4 unspecified atom stereocenters. The average Bonchev–Trinajstić information content (AvgIpc) is 3.55. The summed E-state index contributed by atoms with van der Waals surface area (Å²) in [6, 6.07) is 3.43. The van der Waals surface area contributed by atoms with Crippen LogP contribution < -0.4 is 16.4 Å². The lowest BCUT2D eigenvalue weighted by Gasteiger charge is -2.28. The second-order valence-corrected chi connectivity index (χ2v) is 10.5. The molecule has 1 aromatic heterocycles. The highest BCUT2D eigenvalue weighted by atomic mass is 32.2. The van der Waals surface area contributed by atoms with Crippen molar-refractivity contribution < 1.29 is 34.2 Å². The number of aromatic nitrogens is 1. The molecule has 4 atom stereocenters. The molecule has 1 fully saturated rings. The molecule has 13 heteroatoms. The first-order chi connectivity index (χ1) is 18.6. The van der Waals surface area contributed by atoms with Gasteiger partial charge in [-0.05, 0) is 55.7 Å². The Morgan fingerprint density at radius 3 is 2.56 bits per heavy atom. The number of rotatable bonds is 14. The van der Waals surface area contributed by atoms with E-state index in [0.29, 0.717) is 25.1 Å². The van der Waals surface area contributed by atoms with E-state index in [0.717, 1.165) is 16.5 Å². The van der Waals surface area contributed by atoms with Gasteiger partial charge in [0.15, 0.2) is 0 Å². The molecule has 0 radical (unpaired) electrons. The molecule has 3 rings (SSSR count). The van der Waals surface area contributed by atoms with Gasteiger partial charge in [-0.3, -0.25) is 19.2 Å². The number of carbonyl (C=O) groups excluding carboxylic acids is 3. The van der Waals surface area contributed by atoms with E-state index in [-0.39, 0.29) is 19.3 Å². The molecule has 39 heavy (non-hydrogen) atoms. The minimum atomic E-state index is -1.28. The first-order valence-electron chi connectivity index (χ1n) is 12.8. The van der Waals surface area contributed by atoms with Gasteiger partial charge in [0.1, 0.15) is 18.1 Å². The maximum Gasteiger partial charge on any atom is 0.326 e. The highest BCUT2D eigenvalue weighted by Crippen LogP contribution is 2.22. The first kappa shape index (κ1) is 30.0. The van der Waals surface area contributed by atoms with Gasteiger partial charge in [0.2, 0.25) is 17.7 Å². The highest BCUT2D eigenvalue weighted by molar-refractivity contribution is 7.98. The maximum atomic E-state index is 13.3. The SMILES string of the molecule is CSCCC(NC(=O)C(CCC(=O)O)NC(=O)C1CCCN1C(=O)C(N)Cc1c[nH]c2ccccc12)C(=O)O. The minimum Gasteiger partial charge on any atom is -0.481 e. The lowest BCUT2D eigenvalue weighted by Crippen LogP contribution is -2.56. The van der Waals surface area contributed by atoms with Crippen molar-refractivity contribution >= 4 is 52.3 Å². The molecule has 1 aromatic carbocycles. The van der Waals surface area contributed by atoms with Crippen LogP contribution in [-0.2, 0) is 30.4 Å². The fraction of sp³-hybridized carbons (Fsp3) is 0.500. The van der Waals surface area contributed by atoms with Crippen molar-refractivity contribution in [3.63, 3.8) is 0 Å². The molecular formula is C26H35N5O7S. The predicted molar refractivity (Wildman–Crippen MR) is 146 cm³/mol. The second-order valence-electron chi connectivity index (χ2n) is 9.53. The number of thioether (sulfide) groups is 1. The summed E-state index contributed by atoms with van der Waals surface area (Å²) in [6.07, 6.45) is 4.32. The smallest absolute Gasteiger partial charge is 0.326 e. The van der Waals surface area contributed by atoms with Gasteiger partial charge < -0.3 is 36.5 Å². The van der Waals surface area contributed by atoms with Crippen molar-refractivity contribution in [3.8, 4) is 0 Å². The Hall–Kier alpha value is -3.58. The molecule has 212 valence electrons. The van der Waals surface area contributed by atoms with Crippen LogP contribution in [0, 0.1) is 0 Å². The third-order valence-electron chi connectivity index (χ3n) is 6.78. The van der Waals surface area contributed by atoms with Crippen molar-refractivity contribution in [2.45, 2.75) is 62.7 Å². The largest absolute Gasteiger partial charge is 0.481 e. The van der Waals surface area contributed by atoms with Crippen LogP contribution in [0.5, 0.6) is 0 Å². The van der Waals surface area contributed by atoms with E-state index < -0.39 is 60.2 Å². The van der Waals surface area contributed by atoms with Gasteiger partial charge >= 0.3 is 11.9 Å². The summed E-state index contributed by atoms with van der Waals surface area (Å²) >= 11 is 1.42. The Bertz CT molecular complexity index is 1200. The Morgan fingerprint density at radius 2 is 1.87 bits per heavy atom. The summed E-state index contributed by atoms with van der Waals surface area (Å²) in [6.45, 7) is 0.320. The van der Waals surface area contributed by atoms with Gasteiger partial charge in [0.25, 0.3) is 0 Å². The van der Waals surface area contributed by atoms with E-state index >= 15 is 0 Å². The highest BCUT2D eigenvalue weighted by Gasteiger charge is 2.38. The molecule has 1 saturated heterocycles. The van der Waals surface area contributed by atoms with Crippen LogP contribution in [0.25, 0.3) is 10.9 Å². The monoisotopic (exact) mass is 561 g/mol. The molecular weight excluding hydrogens is 526 g/mol. The van der Waals surface area contributed by atoms with Gasteiger partial charge in [0, 0.05) is 30.1 Å². The van der Waals surface area contributed by atoms with Crippen LogP contribution in [0.3, 0.4) is 0 Å². The zero-order valence-electron chi connectivity index (χ0n) is 21.7. The summed E-state index contributed by atoms with van der Waals surface area (Å²) in [5, 5.41) is 24.5. The molecule has 0 aliphatic carbocycles. The first-order valence-corrected chi connectivity index (χ1v) is 14.2. The van der Waals surface area contributed by atoms with Crippen LogP contribution in [0.4, 0.5) is 0 Å². The zero-order chi connectivity index (χ0) is 28.5. The van der Waals surface area contributed by atoms with Crippen molar-refractivity contribution in [3.05, 3.63) is 36.0 Å². The number of hydrogen-bond acceptors (Lipinski definition) is 7. The number of fused-ring (bicyclic) bond motifs is 1. The van der Waals surface area contributed by atoms with Crippen molar-refractivity contribution in [1.29, 1.82) is 0 Å². The quantitative estimate of drug-likeness (QED) is 0.192. The zero-order valence-corrected chi connectivity index (χ0v) is 22.5. The number of carbonyl (C=O) groups is 5. The molecule has 1 aliphatic heterocycles. The number of carboxylic acids is 2. The summed E-state index contributed by atoms with van der Waals surface area (Å²) in [5.41, 5.74) is 8.08. The lowest BCUT2D eigenvalue weighted by atomic mass is 10.0. The summed E-state index contributed by atoms with van der Waals surface area (Å²) in [4.78, 5) is 66.7. The van der Waals surface area contributed by atoms with Crippen molar-refractivity contribution in [1.82, 2.24) is 20.5 Å². The van der Waals surface area contributed by atoms with Crippen LogP contribution in [0.2, 0.25) is 0 Å². The van der Waals surface area contributed by atoms with Gasteiger partial charge in [-0.15, -0.1) is 0 Å². The van der Waals surface area contributed by atoms with Gasteiger partial charge in [-0.2, -0.15) is 11.8 Å². The van der Waals surface area contributed by atoms with E-state index in [1.54, 1.807) is 12.5 Å². The Morgan fingerprint density at radius 1 is 1.13 bits per heavy atom. The van der Waals surface area contributed by atoms with E-state index in [2.05, 4.69) is 15.6 Å². The fourth-order valence-electron chi connectivity index (χ4n) is 4.71. The van der Waals surface area contributed by atoms with Crippen LogP contribution in [-0.4, -0.2) is 92.5 Å². The predicted octanol–water partition coefficient (Wildman–Crippen LogP) is 0.701. The van der Waals surface area contributed by atoms with Gasteiger partial charge in [-0.25, -0.2) is 4.79 Å². The Labute approximate surface area is 230 Å². The molecule has 0 saturated carbocycles. The molecule has 0 bridgehead atoms. The van der Waals surface area contributed by atoms with Crippen LogP contribution >= 0.6 is 11.8 Å². The number of aromatic amines is 1. The standard InChI is InChI=1S/C26H35N5O7S/c1-39-12-10-20(26(37)38)30-23(34)19(8-9-22(32)33)29-24(35)21-7-4-11-31(21)25(36)17(27)13-15-14-28-18-6-3-2-5-16(15)18/h2-3,5-6,14,17,19-21,28H,4,7-13,27H2,1H3,(H,29,35)(H,30,34)(H,32,33)(H,37,38). The number of nitrogens with two attached hydrogens (primary N) is 1. The van der Waals surface area contributed by atoms with Gasteiger partial charge in [-0.1, -0.05) is 18.2 Å². The Kier molecular flexibility index (Phi) is 10.8. The molecule has 2 heterocycles. The normalized spacial score (nSPS) is 17.4. The number of aliphatic carboxylic acids is 2. The molecule has 2 aromatic rings. The third-order valence-corrected chi connectivity index (χ3v) is 7.42. The number of H-pyrrole nitrogens is 1. The number of hydrogen-bond donors (Lipinski definition) is 6. The van der Waals surface area contributed by atoms with E-state index in [4.69, 9.17) is 10.8 Å². The summed E-state index contributed by atoms with van der Waals surface area (Å²) in [7, 11) is 0. The van der Waals surface area contributed by atoms with E-state index in [1.165, 1.54) is 16.7 Å². The van der Waals surface area contributed by atoms with E-state index in [9.17, 15) is 29.1 Å². The molecule has 0 spiro atoms. The van der Waals surface area contributed by atoms with Crippen LogP contribution in [0.15, 0.2) is 30.5 Å². The van der Waals surface area contributed by atoms with Gasteiger partial charge in [0.05, 0.1) is 6.04 Å². The molecule has 1 aliphatic rings. The third kappa shape index (κ3) is 7.96. The van der Waals surface area contributed by atoms with Crippen molar-refractivity contribution in [2.75, 3.05) is 18.6 Å². The number of nitrogens with one attached hydrogen (secondary N) is 3. The number of benzene rings is 1.